The molecular weight excluding hydrogens is 985 g/mol. The van der Waals surface area contributed by atoms with Crippen LogP contribution in [0.4, 0.5) is 0 Å². The lowest BCUT2D eigenvalue weighted by Crippen LogP contribution is -1.97. The standard InChI is InChI=1S/C82H58/c1-7-23-65(24-8-1)79(66-25-9-2-10-26-66)81(69-31-15-5-16-32-69)71-53-49-63(50-54-71)61-45-39-59(40-46-61)43-57-77-73-35-19-21-37-75(73)78(76-38-22-20-36-74(76)77)58-44-60-41-47-62(48-42-60)64-51-55-72(56-52-64)82(70-33-17-6-18-34-70)80(67-27-11-3-12-28-67)68-29-13-4-14-30-68/h1-58H/b57-43+,58-44+. The highest BCUT2D eigenvalue weighted by atomic mass is 14.2. The Balaban J connectivity index is 0.762. The van der Waals surface area contributed by atoms with Crippen LogP contribution in [0.15, 0.2) is 328 Å². The van der Waals surface area contributed by atoms with Crippen LogP contribution >= 0.6 is 0 Å². The number of benzene rings is 13. The van der Waals surface area contributed by atoms with Crippen molar-refractivity contribution in [1.29, 1.82) is 0 Å². The lowest BCUT2D eigenvalue weighted by atomic mass is 9.85. The highest BCUT2D eigenvalue weighted by Gasteiger charge is 2.19. The molecule has 0 aliphatic heterocycles. The predicted octanol–water partition coefficient (Wildman–Crippen LogP) is 21.7. The van der Waals surface area contributed by atoms with Crippen molar-refractivity contribution in [3.05, 3.63) is 394 Å². The van der Waals surface area contributed by atoms with Crippen LogP contribution < -0.4 is 0 Å². The Hall–Kier alpha value is -10.7. The average molecular weight is 1040 g/mol. The zero-order valence-corrected chi connectivity index (χ0v) is 45.5. The molecule has 82 heavy (non-hydrogen) atoms. The van der Waals surface area contributed by atoms with E-state index in [1.165, 1.54) is 122 Å². The van der Waals surface area contributed by atoms with Gasteiger partial charge >= 0.3 is 0 Å². The van der Waals surface area contributed by atoms with E-state index in [0.717, 1.165) is 11.1 Å². The molecule has 0 aliphatic carbocycles. The molecule has 13 aromatic carbocycles. The maximum Gasteiger partial charge on any atom is -0.00268 e. The van der Waals surface area contributed by atoms with Crippen LogP contribution in [-0.4, -0.2) is 0 Å². The zero-order chi connectivity index (χ0) is 54.9. The molecular formula is C82H58. The maximum atomic E-state index is 2.30. The third-order valence-electron chi connectivity index (χ3n) is 15.6. The van der Waals surface area contributed by atoms with Gasteiger partial charge in [-0.3, -0.25) is 0 Å². The molecule has 0 bridgehead atoms. The number of fused-ring (bicyclic) bond motifs is 2. The van der Waals surface area contributed by atoms with Gasteiger partial charge in [-0.15, -0.1) is 0 Å². The summed E-state index contributed by atoms with van der Waals surface area (Å²) in [6, 6.07) is 118. The molecule has 13 aromatic rings. The lowest BCUT2D eigenvalue weighted by Gasteiger charge is -2.18. The van der Waals surface area contributed by atoms with Crippen LogP contribution in [0.5, 0.6) is 0 Å². The SMILES string of the molecule is C(=C\c1c2ccccc2c(/C=C/c2ccc(-c3ccc(C(=C(c4ccccc4)c4ccccc4)c4ccccc4)cc3)cc2)c2ccccc12)/c1ccc(-c2ccc(C(=C(c3ccccc3)c3ccccc3)c3ccccc3)cc2)cc1. The van der Waals surface area contributed by atoms with E-state index in [1.54, 1.807) is 0 Å². The second kappa shape index (κ2) is 23.7. The third-order valence-corrected chi connectivity index (χ3v) is 15.6. The molecule has 0 aromatic heterocycles. The Labute approximate surface area is 482 Å². The minimum atomic E-state index is 1.15. The molecule has 13 rings (SSSR count). The van der Waals surface area contributed by atoms with Gasteiger partial charge in [-0.1, -0.05) is 352 Å². The van der Waals surface area contributed by atoms with Gasteiger partial charge in [-0.05, 0) is 133 Å². The quantitative estimate of drug-likeness (QED) is 0.0752. The van der Waals surface area contributed by atoms with Crippen LogP contribution in [-0.2, 0) is 0 Å². The van der Waals surface area contributed by atoms with E-state index in [9.17, 15) is 0 Å². The molecule has 0 atom stereocenters. The zero-order valence-electron chi connectivity index (χ0n) is 45.5. The van der Waals surface area contributed by atoms with E-state index in [0.29, 0.717) is 0 Å². The topological polar surface area (TPSA) is 0 Å². The van der Waals surface area contributed by atoms with Gasteiger partial charge in [0.1, 0.15) is 0 Å². The predicted molar refractivity (Wildman–Crippen MR) is 352 cm³/mol. The van der Waals surface area contributed by atoms with Gasteiger partial charge in [0, 0.05) is 0 Å². The fraction of sp³-hybridized carbons (Fsp3) is 0. The van der Waals surface area contributed by atoms with Crippen molar-refractivity contribution >= 4 is 68.1 Å². The van der Waals surface area contributed by atoms with Crippen LogP contribution in [0.3, 0.4) is 0 Å². The molecule has 0 aliphatic rings. The largest absolute Gasteiger partial charge is 0.0622 e. The summed E-state index contributed by atoms with van der Waals surface area (Å²) in [6.07, 6.45) is 9.10. The Morgan fingerprint density at radius 2 is 0.341 bits per heavy atom. The van der Waals surface area contributed by atoms with E-state index in [2.05, 4.69) is 352 Å². The minimum absolute atomic E-state index is 1.15. The summed E-state index contributed by atoms with van der Waals surface area (Å²) in [5.41, 5.74) is 23.8. The van der Waals surface area contributed by atoms with E-state index >= 15 is 0 Å². The second-order valence-electron chi connectivity index (χ2n) is 20.7. The Morgan fingerprint density at radius 1 is 0.159 bits per heavy atom. The average Bonchev–Trinajstić information content (AvgIpc) is 3.67. The summed E-state index contributed by atoms with van der Waals surface area (Å²) >= 11 is 0. The lowest BCUT2D eigenvalue weighted by molar-refractivity contribution is 1.50. The highest BCUT2D eigenvalue weighted by Crippen LogP contribution is 2.41. The first-order valence-corrected chi connectivity index (χ1v) is 28.2. The normalized spacial score (nSPS) is 11.3. The van der Waals surface area contributed by atoms with E-state index in [1.807, 2.05) is 0 Å². The summed E-state index contributed by atoms with van der Waals surface area (Å²) in [4.78, 5) is 0. The van der Waals surface area contributed by atoms with Crippen LogP contribution in [0, 0.1) is 0 Å². The molecule has 0 radical (unpaired) electrons. The van der Waals surface area contributed by atoms with Gasteiger partial charge in [-0.25, -0.2) is 0 Å². The second-order valence-corrected chi connectivity index (χ2v) is 20.7. The molecule has 0 N–H and O–H groups in total. The number of rotatable bonds is 14. The molecule has 0 amide bonds. The Kier molecular flexibility index (Phi) is 14.7. The Bertz CT molecular complexity index is 3990. The smallest absolute Gasteiger partial charge is 0.00268 e. The van der Waals surface area contributed by atoms with Crippen LogP contribution in [0.1, 0.15) is 66.8 Å². The minimum Gasteiger partial charge on any atom is -0.0622 e. The van der Waals surface area contributed by atoms with Crippen molar-refractivity contribution in [3.8, 4) is 22.3 Å². The number of hydrogen-bond donors (Lipinski definition) is 0. The van der Waals surface area contributed by atoms with Gasteiger partial charge in [-0.2, -0.15) is 0 Å². The van der Waals surface area contributed by atoms with Gasteiger partial charge in [0.15, 0.2) is 0 Å². The molecule has 0 heteroatoms. The van der Waals surface area contributed by atoms with E-state index in [4.69, 9.17) is 0 Å². The molecule has 386 valence electrons. The molecule has 0 fully saturated rings. The van der Waals surface area contributed by atoms with Gasteiger partial charge in [0.25, 0.3) is 0 Å². The summed E-state index contributed by atoms with van der Waals surface area (Å²) in [7, 11) is 0. The molecule has 0 spiro atoms. The Morgan fingerprint density at radius 3 is 0.561 bits per heavy atom. The third kappa shape index (κ3) is 10.8. The molecule has 0 unspecified atom stereocenters. The van der Waals surface area contributed by atoms with Crippen molar-refractivity contribution in [2.75, 3.05) is 0 Å². The molecule has 0 nitrogen and oxygen atoms in total. The number of hydrogen-bond acceptors (Lipinski definition) is 0. The fourth-order valence-corrected chi connectivity index (χ4v) is 11.6. The van der Waals surface area contributed by atoms with Gasteiger partial charge < -0.3 is 0 Å². The first-order chi connectivity index (χ1) is 40.7. The van der Waals surface area contributed by atoms with Crippen molar-refractivity contribution in [2.24, 2.45) is 0 Å². The summed E-state index contributed by atoms with van der Waals surface area (Å²) in [5, 5.41) is 4.90. The monoisotopic (exact) mass is 1040 g/mol. The van der Waals surface area contributed by atoms with Crippen molar-refractivity contribution < 1.29 is 0 Å². The first-order valence-electron chi connectivity index (χ1n) is 28.2. The van der Waals surface area contributed by atoms with Gasteiger partial charge in [0.05, 0.1) is 0 Å². The summed E-state index contributed by atoms with van der Waals surface area (Å²) < 4.78 is 0. The van der Waals surface area contributed by atoms with E-state index < -0.39 is 0 Å². The summed E-state index contributed by atoms with van der Waals surface area (Å²) in [5.74, 6) is 0. The van der Waals surface area contributed by atoms with E-state index in [-0.39, 0.29) is 0 Å². The van der Waals surface area contributed by atoms with Crippen molar-refractivity contribution in [2.45, 2.75) is 0 Å². The first kappa shape index (κ1) is 50.8. The van der Waals surface area contributed by atoms with Crippen molar-refractivity contribution in [3.63, 3.8) is 0 Å². The fourth-order valence-electron chi connectivity index (χ4n) is 11.6. The molecule has 0 saturated heterocycles. The van der Waals surface area contributed by atoms with Crippen LogP contribution in [0.25, 0.3) is 90.4 Å². The highest BCUT2D eigenvalue weighted by molar-refractivity contribution is 6.14. The van der Waals surface area contributed by atoms with Crippen molar-refractivity contribution in [1.82, 2.24) is 0 Å². The summed E-state index contributed by atoms with van der Waals surface area (Å²) in [6.45, 7) is 0. The van der Waals surface area contributed by atoms with Gasteiger partial charge in [0.2, 0.25) is 0 Å². The van der Waals surface area contributed by atoms with Crippen LogP contribution in [0.2, 0.25) is 0 Å². The molecule has 0 saturated carbocycles. The molecule has 0 heterocycles. The maximum absolute atomic E-state index is 2.30.